The lowest BCUT2D eigenvalue weighted by Crippen LogP contribution is -1.87. The summed E-state index contributed by atoms with van der Waals surface area (Å²) in [5.74, 6) is 0.604. The third-order valence-corrected chi connectivity index (χ3v) is 5.93. The largest absolute Gasteiger partial charge is 0.336 e. The highest BCUT2D eigenvalue weighted by atomic mass is 32.1. The number of nitrogens with one attached hydrogen (secondary N) is 2. The van der Waals surface area contributed by atoms with Gasteiger partial charge in [-0.2, -0.15) is 9.49 Å². The molecule has 6 aromatic rings. The standard InChI is InChI=1S/C22H14FN7S/c1-11-6-12(9-24-8-11)15-7-13-16(10-26-15)29-30-19(13)22-27-14-4-5-25-21(20(14)28-22)17-2-3-18(23)31-17/h2-10H,1H3,(H,27,28)(H,29,30). The molecule has 2 N–H and O–H groups in total. The van der Waals surface area contributed by atoms with Gasteiger partial charge in [-0.05, 0) is 42.8 Å². The molecule has 0 saturated carbocycles. The predicted octanol–water partition coefficient (Wildman–Crippen LogP) is 5.13. The number of thiophene rings is 1. The number of nitrogens with zero attached hydrogens (tertiary/aromatic N) is 5. The van der Waals surface area contributed by atoms with Gasteiger partial charge in [-0.1, -0.05) is 0 Å². The van der Waals surface area contributed by atoms with Crippen LogP contribution in [0, 0.1) is 12.1 Å². The maximum absolute atomic E-state index is 13.6. The van der Waals surface area contributed by atoms with Gasteiger partial charge in [-0.3, -0.25) is 20.1 Å². The third kappa shape index (κ3) is 2.98. The quantitative estimate of drug-likeness (QED) is 0.408. The summed E-state index contributed by atoms with van der Waals surface area (Å²) in [5, 5.41) is 8.12. The highest BCUT2D eigenvalue weighted by Gasteiger charge is 2.17. The van der Waals surface area contributed by atoms with Gasteiger partial charge < -0.3 is 4.98 Å². The molecule has 0 aliphatic heterocycles. The number of aromatic amines is 2. The molecule has 0 bridgehead atoms. The predicted molar refractivity (Wildman–Crippen MR) is 118 cm³/mol. The summed E-state index contributed by atoms with van der Waals surface area (Å²) in [4.78, 5) is 22.0. The number of rotatable bonds is 3. The van der Waals surface area contributed by atoms with E-state index < -0.39 is 0 Å². The van der Waals surface area contributed by atoms with Crippen molar-refractivity contribution in [1.29, 1.82) is 0 Å². The first-order chi connectivity index (χ1) is 15.2. The molecule has 0 fully saturated rings. The van der Waals surface area contributed by atoms with Crippen molar-refractivity contribution in [3.63, 3.8) is 0 Å². The first-order valence-electron chi connectivity index (χ1n) is 9.53. The fourth-order valence-electron chi connectivity index (χ4n) is 3.62. The van der Waals surface area contributed by atoms with E-state index in [4.69, 9.17) is 4.98 Å². The summed E-state index contributed by atoms with van der Waals surface area (Å²) < 4.78 is 13.6. The van der Waals surface area contributed by atoms with Gasteiger partial charge in [-0.15, -0.1) is 11.3 Å². The molecule has 0 atom stereocenters. The number of imidazole rings is 1. The second-order valence-corrected chi connectivity index (χ2v) is 8.22. The van der Waals surface area contributed by atoms with Gasteiger partial charge in [0.15, 0.2) is 11.0 Å². The molecule has 150 valence electrons. The molecule has 0 amide bonds. The maximum Gasteiger partial charge on any atom is 0.177 e. The fraction of sp³-hybridized carbons (Fsp3) is 0.0455. The molecule has 7 nitrogen and oxygen atoms in total. The zero-order chi connectivity index (χ0) is 20.9. The number of fused-ring (bicyclic) bond motifs is 2. The first-order valence-corrected chi connectivity index (χ1v) is 10.3. The summed E-state index contributed by atoms with van der Waals surface area (Å²) in [6, 6.07) is 9.02. The molecule has 0 aliphatic carbocycles. The van der Waals surface area contributed by atoms with E-state index >= 15 is 0 Å². The Bertz CT molecular complexity index is 1580. The van der Waals surface area contributed by atoms with E-state index in [1.165, 1.54) is 6.07 Å². The Morgan fingerprint density at radius 2 is 1.90 bits per heavy atom. The molecule has 0 spiro atoms. The lowest BCUT2D eigenvalue weighted by atomic mass is 10.1. The molecule has 9 heteroatoms. The number of halogens is 1. The van der Waals surface area contributed by atoms with E-state index in [9.17, 15) is 4.39 Å². The van der Waals surface area contributed by atoms with Crippen molar-refractivity contribution in [2.45, 2.75) is 6.92 Å². The molecule has 0 radical (unpaired) electrons. The average Bonchev–Trinajstić information content (AvgIpc) is 3.50. The number of H-pyrrole nitrogens is 2. The van der Waals surface area contributed by atoms with Crippen molar-refractivity contribution in [3.05, 3.63) is 65.8 Å². The normalized spacial score (nSPS) is 11.5. The molecule has 0 unspecified atom stereocenters. The summed E-state index contributed by atoms with van der Waals surface area (Å²) in [7, 11) is 0. The Morgan fingerprint density at radius 3 is 2.74 bits per heavy atom. The van der Waals surface area contributed by atoms with Crippen LogP contribution in [0.2, 0.25) is 0 Å². The van der Waals surface area contributed by atoms with E-state index in [0.29, 0.717) is 22.7 Å². The summed E-state index contributed by atoms with van der Waals surface area (Å²) >= 11 is 1.05. The van der Waals surface area contributed by atoms with E-state index in [0.717, 1.165) is 49.5 Å². The fourth-order valence-corrected chi connectivity index (χ4v) is 4.35. The highest BCUT2D eigenvalue weighted by Crippen LogP contribution is 2.33. The minimum Gasteiger partial charge on any atom is -0.336 e. The van der Waals surface area contributed by atoms with E-state index in [-0.39, 0.29) is 5.13 Å². The zero-order valence-electron chi connectivity index (χ0n) is 16.2. The maximum atomic E-state index is 13.6. The monoisotopic (exact) mass is 427 g/mol. The molecule has 6 aromatic heterocycles. The molecular formula is C22H14FN7S. The summed E-state index contributed by atoms with van der Waals surface area (Å²) in [6.45, 7) is 2.00. The SMILES string of the molecule is Cc1cncc(-c2cc3c(-c4nc5c(-c6ccc(F)s6)nccc5[nH]4)n[nH]c3cn2)c1. The van der Waals surface area contributed by atoms with Crippen molar-refractivity contribution < 1.29 is 4.39 Å². The first kappa shape index (κ1) is 17.8. The molecule has 0 aromatic carbocycles. The van der Waals surface area contributed by atoms with Gasteiger partial charge in [0.2, 0.25) is 0 Å². The number of aromatic nitrogens is 7. The molecule has 0 saturated heterocycles. The van der Waals surface area contributed by atoms with Crippen LogP contribution in [0.15, 0.2) is 55.1 Å². The topological polar surface area (TPSA) is 96.0 Å². The van der Waals surface area contributed by atoms with Crippen LogP contribution >= 0.6 is 11.3 Å². The van der Waals surface area contributed by atoms with Crippen LogP contribution < -0.4 is 0 Å². The van der Waals surface area contributed by atoms with E-state index in [2.05, 4.69) is 30.1 Å². The number of aryl methyl sites for hydroxylation is 1. The third-order valence-electron chi connectivity index (χ3n) is 5.05. The van der Waals surface area contributed by atoms with Gasteiger partial charge in [0.1, 0.15) is 16.9 Å². The zero-order valence-corrected chi connectivity index (χ0v) is 17.0. The Kier molecular flexibility index (Phi) is 3.90. The summed E-state index contributed by atoms with van der Waals surface area (Å²) in [6.07, 6.45) is 7.05. The van der Waals surface area contributed by atoms with Gasteiger partial charge in [0.25, 0.3) is 0 Å². The molecule has 6 rings (SSSR count). The molecule has 6 heterocycles. The summed E-state index contributed by atoms with van der Waals surface area (Å²) in [5.41, 5.74) is 6.41. The van der Waals surface area contributed by atoms with Gasteiger partial charge >= 0.3 is 0 Å². The van der Waals surface area contributed by atoms with Crippen LogP contribution in [-0.2, 0) is 0 Å². The van der Waals surface area contributed by atoms with Crippen LogP contribution in [0.5, 0.6) is 0 Å². The van der Waals surface area contributed by atoms with E-state index in [1.807, 2.05) is 31.3 Å². The van der Waals surface area contributed by atoms with Crippen molar-refractivity contribution in [2.24, 2.45) is 0 Å². The van der Waals surface area contributed by atoms with Crippen molar-refractivity contribution in [2.75, 3.05) is 0 Å². The van der Waals surface area contributed by atoms with Gasteiger partial charge in [-0.25, -0.2) is 4.98 Å². The van der Waals surface area contributed by atoms with Gasteiger partial charge in [0, 0.05) is 29.5 Å². The number of hydrogen-bond acceptors (Lipinski definition) is 6. The minimum atomic E-state index is -0.256. The second-order valence-electron chi connectivity index (χ2n) is 7.18. The smallest absolute Gasteiger partial charge is 0.177 e. The van der Waals surface area contributed by atoms with Crippen molar-refractivity contribution >= 4 is 33.3 Å². The number of hydrogen-bond donors (Lipinski definition) is 2. The Labute approximate surface area is 179 Å². The van der Waals surface area contributed by atoms with Crippen molar-refractivity contribution in [1.82, 2.24) is 35.1 Å². The second kappa shape index (κ2) is 6.78. The lowest BCUT2D eigenvalue weighted by Gasteiger charge is -2.02. The van der Waals surface area contributed by atoms with Crippen LogP contribution in [0.4, 0.5) is 4.39 Å². The Morgan fingerprint density at radius 1 is 0.968 bits per heavy atom. The Balaban J connectivity index is 1.51. The van der Waals surface area contributed by atoms with Gasteiger partial charge in [0.05, 0.1) is 27.8 Å². The average molecular weight is 427 g/mol. The van der Waals surface area contributed by atoms with Crippen molar-refractivity contribution in [3.8, 4) is 33.3 Å². The van der Waals surface area contributed by atoms with Crippen LogP contribution in [0.3, 0.4) is 0 Å². The van der Waals surface area contributed by atoms with Crippen LogP contribution in [-0.4, -0.2) is 35.1 Å². The molecular weight excluding hydrogens is 413 g/mol. The number of pyridine rings is 3. The highest BCUT2D eigenvalue weighted by molar-refractivity contribution is 7.13. The van der Waals surface area contributed by atoms with E-state index in [1.54, 1.807) is 24.7 Å². The molecule has 31 heavy (non-hydrogen) atoms. The molecule has 0 aliphatic rings. The van der Waals surface area contributed by atoms with Crippen LogP contribution in [0.1, 0.15) is 5.56 Å². The van der Waals surface area contributed by atoms with Crippen LogP contribution in [0.25, 0.3) is 55.3 Å². The minimum absolute atomic E-state index is 0.256. The lowest BCUT2D eigenvalue weighted by molar-refractivity contribution is 0.657. The Hall–Kier alpha value is -3.98.